The molecule has 1 aromatic carbocycles. The van der Waals surface area contributed by atoms with Gasteiger partial charge >= 0.3 is 0 Å². The summed E-state index contributed by atoms with van der Waals surface area (Å²) in [5, 5.41) is 3.62. The maximum absolute atomic E-state index is 13.9. The number of aryl methyl sites for hydroxylation is 3. The highest BCUT2D eigenvalue weighted by molar-refractivity contribution is 9.10. The monoisotopic (exact) mass is 615 g/mol. The van der Waals surface area contributed by atoms with E-state index in [1.165, 1.54) is 13.1 Å². The van der Waals surface area contributed by atoms with Crippen LogP contribution in [0.1, 0.15) is 54.1 Å². The molecule has 41 heavy (non-hydrogen) atoms. The Morgan fingerprint density at radius 1 is 1.05 bits per heavy atom. The van der Waals surface area contributed by atoms with Gasteiger partial charge in [-0.1, -0.05) is 6.92 Å². The van der Waals surface area contributed by atoms with Crippen LogP contribution in [-0.4, -0.2) is 59.1 Å². The molecular formula is C30H30BrN7O3. The van der Waals surface area contributed by atoms with Crippen LogP contribution >= 0.6 is 15.9 Å². The Bertz CT molecular complexity index is 1750. The zero-order valence-electron chi connectivity index (χ0n) is 23.5. The lowest BCUT2D eigenvalue weighted by molar-refractivity contribution is -0.138. The highest BCUT2D eigenvalue weighted by Crippen LogP contribution is 2.59. The van der Waals surface area contributed by atoms with Crippen LogP contribution < -0.4 is 5.32 Å². The predicted octanol–water partition coefficient (Wildman–Crippen LogP) is 4.80. The molecule has 3 aromatic heterocycles. The van der Waals surface area contributed by atoms with Gasteiger partial charge in [-0.15, -0.1) is 0 Å². The summed E-state index contributed by atoms with van der Waals surface area (Å²) in [6.07, 6.45) is 8.25. The van der Waals surface area contributed by atoms with E-state index in [2.05, 4.69) is 48.1 Å². The number of ketones is 1. The van der Waals surface area contributed by atoms with Gasteiger partial charge in [0.05, 0.1) is 17.4 Å². The Morgan fingerprint density at radius 3 is 2.46 bits per heavy atom. The number of halogens is 1. The molecule has 1 aliphatic carbocycles. The normalized spacial score (nSPS) is 21.2. The van der Waals surface area contributed by atoms with Gasteiger partial charge in [0.25, 0.3) is 0 Å². The molecule has 1 saturated carbocycles. The summed E-state index contributed by atoms with van der Waals surface area (Å²) >= 11 is 3.35. The third-order valence-corrected chi connectivity index (χ3v) is 9.09. The van der Waals surface area contributed by atoms with Crippen LogP contribution in [0.15, 0.2) is 41.5 Å². The molecule has 210 valence electrons. The fourth-order valence-electron chi connectivity index (χ4n) is 6.05. The van der Waals surface area contributed by atoms with Gasteiger partial charge in [0.1, 0.15) is 23.0 Å². The number of carbonyl (C=O) groups is 3. The minimum Gasteiger partial charge on any atom is -0.337 e. The van der Waals surface area contributed by atoms with Crippen LogP contribution in [-0.2, 0) is 16.1 Å². The minimum absolute atomic E-state index is 0.00456. The van der Waals surface area contributed by atoms with E-state index in [-0.39, 0.29) is 35.6 Å². The fourth-order valence-corrected chi connectivity index (χ4v) is 6.35. The molecule has 2 fully saturated rings. The van der Waals surface area contributed by atoms with Crippen molar-refractivity contribution in [2.75, 3.05) is 5.32 Å². The molecule has 4 heterocycles. The van der Waals surface area contributed by atoms with Gasteiger partial charge in [0.15, 0.2) is 11.6 Å². The van der Waals surface area contributed by atoms with Crippen molar-refractivity contribution in [3.8, 4) is 11.1 Å². The summed E-state index contributed by atoms with van der Waals surface area (Å²) in [5.74, 6) is 0.491. The van der Waals surface area contributed by atoms with Crippen LogP contribution in [0.4, 0.5) is 5.82 Å². The van der Waals surface area contributed by atoms with E-state index in [9.17, 15) is 14.4 Å². The van der Waals surface area contributed by atoms with Crippen molar-refractivity contribution < 1.29 is 14.4 Å². The molecule has 1 saturated heterocycles. The van der Waals surface area contributed by atoms with Crippen LogP contribution in [0.25, 0.3) is 22.0 Å². The number of anilines is 1. The van der Waals surface area contributed by atoms with Crippen molar-refractivity contribution in [3.05, 3.63) is 64.2 Å². The van der Waals surface area contributed by atoms with E-state index in [0.29, 0.717) is 33.9 Å². The van der Waals surface area contributed by atoms with Gasteiger partial charge in [-0.3, -0.25) is 19.4 Å². The van der Waals surface area contributed by atoms with E-state index >= 15 is 0 Å². The number of piperidine rings is 1. The van der Waals surface area contributed by atoms with E-state index in [0.717, 1.165) is 34.0 Å². The number of amides is 2. The standard InChI is InChI=1S/C30H30BrN7O3/c1-15-6-19(20-10-33-18(4)34-11-20)7-21-22(17(3)39)13-37(27(15)21)14-26(40)38-23(8-30(5)9-24(30)38)29(41)36-25-12-32-16(2)28(31)35-25/h6-7,10-13,23-24H,8-9,14H2,1-5H3,(H,35,36,41)/t23-,24+,30-/m0/s1. The Hall–Kier alpha value is -3.99. The van der Waals surface area contributed by atoms with Crippen molar-refractivity contribution in [3.63, 3.8) is 0 Å². The first-order valence-electron chi connectivity index (χ1n) is 13.5. The number of aromatic nitrogens is 5. The first-order chi connectivity index (χ1) is 19.4. The second kappa shape index (κ2) is 9.83. The number of benzene rings is 1. The summed E-state index contributed by atoms with van der Waals surface area (Å²) in [7, 11) is 0. The number of carbonyl (C=O) groups excluding carboxylic acids is 3. The molecule has 2 aliphatic rings. The lowest BCUT2D eigenvalue weighted by Gasteiger charge is -2.27. The lowest BCUT2D eigenvalue weighted by atomic mass is 10.0. The molecule has 6 rings (SSSR count). The second-order valence-corrected chi connectivity index (χ2v) is 12.2. The van der Waals surface area contributed by atoms with Crippen molar-refractivity contribution in [2.45, 2.75) is 66.1 Å². The Balaban J connectivity index is 1.31. The van der Waals surface area contributed by atoms with Gasteiger partial charge in [0, 0.05) is 41.1 Å². The number of hydrogen-bond acceptors (Lipinski definition) is 7. The predicted molar refractivity (Wildman–Crippen MR) is 157 cm³/mol. The number of Topliss-reactive ketones (excluding diaryl/α,β-unsaturated/α-hetero) is 1. The first kappa shape index (κ1) is 27.2. The molecule has 2 amide bonds. The summed E-state index contributed by atoms with van der Waals surface area (Å²) in [4.78, 5) is 58.9. The molecule has 0 radical (unpaired) electrons. The number of nitrogens with one attached hydrogen (secondary N) is 1. The van der Waals surface area contributed by atoms with Gasteiger partial charge in [-0.25, -0.2) is 15.0 Å². The topological polar surface area (TPSA) is 123 Å². The number of fused-ring (bicyclic) bond motifs is 2. The van der Waals surface area contributed by atoms with Gasteiger partial charge in [-0.2, -0.15) is 0 Å². The Morgan fingerprint density at radius 2 is 1.78 bits per heavy atom. The average Bonchev–Trinajstić information content (AvgIpc) is 3.27. The molecule has 4 aromatic rings. The smallest absolute Gasteiger partial charge is 0.248 e. The minimum atomic E-state index is -0.614. The summed E-state index contributed by atoms with van der Waals surface area (Å²) in [6.45, 7) is 9.28. The Kier molecular flexibility index (Phi) is 6.52. The molecule has 1 aliphatic heterocycles. The first-order valence-corrected chi connectivity index (χ1v) is 14.3. The van der Waals surface area contributed by atoms with Crippen molar-refractivity contribution >= 4 is 50.2 Å². The summed E-state index contributed by atoms with van der Waals surface area (Å²) in [6, 6.07) is 3.37. The van der Waals surface area contributed by atoms with Gasteiger partial charge < -0.3 is 14.8 Å². The SMILES string of the molecule is CC(=O)c1cn(CC(=O)N2[C@H](C(=O)Nc3cnc(C)c(Br)n3)C[C@@]3(C)C[C@@H]23)c2c(C)cc(-c3cnc(C)nc3)cc12. The lowest BCUT2D eigenvalue weighted by Crippen LogP contribution is -2.46. The van der Waals surface area contributed by atoms with Crippen molar-refractivity contribution in [1.82, 2.24) is 29.4 Å². The number of rotatable bonds is 6. The molecule has 0 bridgehead atoms. The highest BCUT2D eigenvalue weighted by atomic mass is 79.9. The van der Waals surface area contributed by atoms with E-state index in [1.54, 1.807) is 23.5 Å². The van der Waals surface area contributed by atoms with Crippen LogP contribution in [0.3, 0.4) is 0 Å². The number of nitrogens with zero attached hydrogens (tertiary/aromatic N) is 6. The number of likely N-dealkylation sites (tertiary alicyclic amines) is 1. The van der Waals surface area contributed by atoms with E-state index in [4.69, 9.17) is 0 Å². The van der Waals surface area contributed by atoms with Crippen LogP contribution in [0, 0.1) is 26.2 Å². The third kappa shape index (κ3) is 4.81. The zero-order valence-corrected chi connectivity index (χ0v) is 25.1. The highest BCUT2D eigenvalue weighted by Gasteiger charge is 2.64. The summed E-state index contributed by atoms with van der Waals surface area (Å²) < 4.78 is 2.40. The van der Waals surface area contributed by atoms with E-state index in [1.807, 2.05) is 37.5 Å². The fraction of sp³-hybridized carbons (Fsp3) is 0.367. The molecule has 11 heteroatoms. The molecule has 1 N–H and O–H groups in total. The second-order valence-electron chi connectivity index (χ2n) is 11.5. The van der Waals surface area contributed by atoms with Crippen LogP contribution in [0.2, 0.25) is 0 Å². The van der Waals surface area contributed by atoms with Crippen LogP contribution in [0.5, 0.6) is 0 Å². The Labute approximate surface area is 245 Å². The maximum Gasteiger partial charge on any atom is 0.248 e. The molecule has 0 unspecified atom stereocenters. The average molecular weight is 617 g/mol. The molecule has 10 nitrogen and oxygen atoms in total. The molecule has 3 atom stereocenters. The maximum atomic E-state index is 13.9. The van der Waals surface area contributed by atoms with Gasteiger partial charge in [0.2, 0.25) is 11.8 Å². The molecule has 0 spiro atoms. The zero-order chi connectivity index (χ0) is 29.2. The number of hydrogen-bond donors (Lipinski definition) is 1. The largest absolute Gasteiger partial charge is 0.337 e. The third-order valence-electron chi connectivity index (χ3n) is 8.34. The van der Waals surface area contributed by atoms with E-state index < -0.39 is 6.04 Å². The van der Waals surface area contributed by atoms with Crippen molar-refractivity contribution in [1.29, 1.82) is 0 Å². The molecular weight excluding hydrogens is 586 g/mol. The quantitative estimate of drug-likeness (QED) is 0.309. The summed E-state index contributed by atoms with van der Waals surface area (Å²) in [5.41, 5.74) is 4.67. The van der Waals surface area contributed by atoms with Crippen molar-refractivity contribution in [2.24, 2.45) is 5.41 Å². The van der Waals surface area contributed by atoms with Gasteiger partial charge in [-0.05, 0) is 85.1 Å².